The number of methoxy groups -OCH3 is 2. The molecule has 0 fully saturated rings. The number of aryl methyl sites for hydroxylation is 4. The van der Waals surface area contributed by atoms with Gasteiger partial charge in [-0.05, 0) is 120 Å². The molecule has 6 aromatic rings. The molecule has 0 heterocycles. The van der Waals surface area contributed by atoms with E-state index in [0.717, 1.165) is 91.2 Å². The van der Waals surface area contributed by atoms with Crippen molar-refractivity contribution in [1.29, 1.82) is 0 Å². The fourth-order valence-corrected chi connectivity index (χ4v) is 9.48. The number of benzene rings is 6. The number of hydrogen-bond donors (Lipinski definition) is 2. The van der Waals surface area contributed by atoms with Crippen molar-refractivity contribution in [2.24, 2.45) is 0 Å². The normalized spacial score (nSPS) is 11.7. The van der Waals surface area contributed by atoms with Gasteiger partial charge in [0.2, 0.25) is 0 Å². The van der Waals surface area contributed by atoms with E-state index in [4.69, 9.17) is 9.47 Å². The van der Waals surface area contributed by atoms with Gasteiger partial charge in [0.05, 0.1) is 11.4 Å². The van der Waals surface area contributed by atoms with Gasteiger partial charge in [-0.25, -0.2) is 0 Å². The molecule has 0 aliphatic rings. The monoisotopic (exact) mass is 1190 g/mol. The second-order valence-corrected chi connectivity index (χ2v) is 23.8. The summed E-state index contributed by atoms with van der Waals surface area (Å²) in [5, 5.41) is 50.5. The molecule has 0 unspecified atom stereocenters. The molecule has 0 aliphatic carbocycles. The molecule has 6 aromatic carbocycles. The number of rotatable bonds is 14. The smallest absolute Gasteiger partial charge is 0.872 e. The van der Waals surface area contributed by atoms with Crippen LogP contribution in [0.15, 0.2) is 97.1 Å². The van der Waals surface area contributed by atoms with Crippen molar-refractivity contribution in [3.8, 4) is 45.3 Å². The van der Waals surface area contributed by atoms with E-state index in [1.54, 1.807) is 14.2 Å². The first-order valence-corrected chi connectivity index (χ1v) is 25.5. The largest absolute Gasteiger partial charge is 4.00 e. The van der Waals surface area contributed by atoms with Crippen LogP contribution in [0.1, 0.15) is 140 Å². The Labute approximate surface area is 473 Å². The number of phenolic OH excluding ortho intramolecular Hbond substituents is 2. The summed E-state index contributed by atoms with van der Waals surface area (Å²) in [5.41, 5.74) is 13.2. The van der Waals surface area contributed by atoms with Crippen molar-refractivity contribution in [3.63, 3.8) is 0 Å². The summed E-state index contributed by atoms with van der Waals surface area (Å²) >= 11 is 0. The van der Waals surface area contributed by atoms with E-state index in [9.17, 15) is 20.4 Å². The van der Waals surface area contributed by atoms with Crippen molar-refractivity contribution in [2.45, 2.75) is 145 Å². The van der Waals surface area contributed by atoms with Crippen LogP contribution in [0, 0.1) is 42.5 Å². The average Bonchev–Trinajstić information content (AvgIpc) is 3.28. The quantitative estimate of drug-likeness (QED) is 0.0630. The zero-order valence-corrected chi connectivity index (χ0v) is 53.0. The zero-order valence-electron chi connectivity index (χ0n) is 49.4. The van der Waals surface area contributed by atoms with E-state index in [2.05, 4.69) is 119 Å². The number of phenols is 2. The predicted molar refractivity (Wildman–Crippen MR) is 312 cm³/mol. The van der Waals surface area contributed by atoms with Gasteiger partial charge in [-0.2, -0.15) is 0 Å². The van der Waals surface area contributed by atoms with Gasteiger partial charge in [-0.15, -0.1) is 0 Å². The molecule has 0 atom stereocenters. The van der Waals surface area contributed by atoms with Crippen LogP contribution in [-0.4, -0.2) is 50.7 Å². The van der Waals surface area contributed by atoms with Crippen molar-refractivity contribution < 1.29 is 55.7 Å². The van der Waals surface area contributed by atoms with E-state index in [1.165, 1.54) is 0 Å². The molecule has 0 aliphatic heterocycles. The number of para-hydroxylation sites is 2. The topological polar surface area (TPSA) is 112 Å². The minimum Gasteiger partial charge on any atom is -0.872 e. The molecule has 0 bridgehead atoms. The maximum absolute atomic E-state index is 13.8. The predicted octanol–water partition coefficient (Wildman–Crippen LogP) is 15.9. The molecule has 9 heteroatoms. The number of aromatic hydroxyl groups is 2. The maximum Gasteiger partial charge on any atom is 4.00 e. The van der Waals surface area contributed by atoms with Crippen molar-refractivity contribution in [3.05, 3.63) is 156 Å². The Morgan fingerprint density at radius 3 is 0.987 bits per heavy atom. The van der Waals surface area contributed by atoms with Gasteiger partial charge in [0, 0.05) is 74.2 Å². The molecule has 2 N–H and O–H groups in total. The molecule has 8 nitrogen and oxygen atoms in total. The fraction of sp³-hybridized carbons (Fsp3) is 0.424. The van der Waals surface area contributed by atoms with Crippen LogP contribution in [0.5, 0.6) is 23.0 Å². The molecule has 75 heavy (non-hydrogen) atoms. The number of ether oxygens (including phenoxy) is 2. The summed E-state index contributed by atoms with van der Waals surface area (Å²) in [4.78, 5) is 4.29. The Balaban J connectivity index is 0.000000494. The molecule has 0 spiro atoms. The van der Waals surface area contributed by atoms with Gasteiger partial charge in [0.15, 0.2) is 0 Å². The first kappa shape index (κ1) is 66.0. The Morgan fingerprint density at radius 2 is 0.693 bits per heavy atom. The van der Waals surface area contributed by atoms with Crippen LogP contribution in [-0.2, 0) is 57.0 Å². The SMILES string of the molecule is COCCCN(c1ccccc1-c1cc(C)cc(C(C)(C)C)c1[O-])c1cc(C)cc(C(C)(C)C)c1O.COCCCN(c1ccccc1-c1cc(C)cc(C(C)(C)C)c1[O-])c1cc(C)cc(C(C)(C)C)c1O.[CH3-].[CH3-].[Hf+4]. The van der Waals surface area contributed by atoms with E-state index in [0.29, 0.717) is 37.4 Å². The summed E-state index contributed by atoms with van der Waals surface area (Å²) in [6, 6.07) is 32.2. The average molecular weight is 1190 g/mol. The molecule has 6 rings (SSSR count). The molecule has 0 aromatic heterocycles. The van der Waals surface area contributed by atoms with Crippen LogP contribution in [0.4, 0.5) is 22.7 Å². The molecular formula is C66H90HfN2O6. The molecular weight excluding hydrogens is 1100 g/mol. The third kappa shape index (κ3) is 16.0. The molecule has 0 amide bonds. The molecule has 0 radical (unpaired) electrons. The van der Waals surface area contributed by atoms with Gasteiger partial charge in [0.25, 0.3) is 0 Å². The standard InChI is InChI=1S/2C32H43NO3.2CH3.Hf/c2*1-21-17-24(29(34)25(18-21)31(3,4)5)23-13-10-11-14-27(23)33(15-12-16-36-9)28-20-22(2)19-26(30(28)35)32(6,7)8;;;/h2*10-11,13-14,17-20,34-35H,12,15-16H2,1-9H3;2*1H3;/q;;2*-1;+4/p-2. The summed E-state index contributed by atoms with van der Waals surface area (Å²) in [6.45, 7) is 35.8. The number of nitrogens with zero attached hydrogens (tertiary/aromatic N) is 2. The summed E-state index contributed by atoms with van der Waals surface area (Å²) in [7, 11) is 3.40. The molecule has 0 saturated heterocycles. The van der Waals surface area contributed by atoms with E-state index in [1.807, 2.05) is 98.8 Å². The number of anilines is 4. The van der Waals surface area contributed by atoms with E-state index >= 15 is 0 Å². The molecule has 0 saturated carbocycles. The summed E-state index contributed by atoms with van der Waals surface area (Å²) in [6.07, 6.45) is 1.54. The Bertz CT molecular complexity index is 2630. The van der Waals surface area contributed by atoms with Crippen molar-refractivity contribution >= 4 is 22.7 Å². The van der Waals surface area contributed by atoms with Crippen LogP contribution in [0.3, 0.4) is 0 Å². The van der Waals surface area contributed by atoms with Gasteiger partial charge >= 0.3 is 25.8 Å². The Kier molecular flexibility index (Phi) is 23.6. The van der Waals surface area contributed by atoms with Gasteiger partial charge in [-0.3, -0.25) is 0 Å². The second kappa shape index (κ2) is 26.8. The maximum atomic E-state index is 13.8. The minimum absolute atomic E-state index is 0. The van der Waals surface area contributed by atoms with Crippen LogP contribution in [0.2, 0.25) is 0 Å². The Hall–Kier alpha value is -5.09. The minimum atomic E-state index is -0.263. The number of hydrogen-bond acceptors (Lipinski definition) is 8. The molecule has 404 valence electrons. The van der Waals surface area contributed by atoms with Crippen LogP contribution < -0.4 is 20.0 Å². The van der Waals surface area contributed by atoms with Crippen molar-refractivity contribution in [2.75, 3.05) is 50.3 Å². The first-order valence-electron chi connectivity index (χ1n) is 25.5. The third-order valence-corrected chi connectivity index (χ3v) is 13.2. The summed E-state index contributed by atoms with van der Waals surface area (Å²) < 4.78 is 10.7. The first-order chi connectivity index (χ1) is 33.5. The summed E-state index contributed by atoms with van der Waals surface area (Å²) in [5.74, 6) is 0.673. The van der Waals surface area contributed by atoms with Gasteiger partial charge in [-0.1, -0.05) is 179 Å². The van der Waals surface area contributed by atoms with Gasteiger partial charge in [0.1, 0.15) is 11.5 Å². The van der Waals surface area contributed by atoms with Crippen molar-refractivity contribution in [1.82, 2.24) is 0 Å². The van der Waals surface area contributed by atoms with Gasteiger partial charge < -0.3 is 54.6 Å². The fourth-order valence-electron chi connectivity index (χ4n) is 9.48. The van der Waals surface area contributed by atoms with Crippen LogP contribution >= 0.6 is 0 Å². The van der Waals surface area contributed by atoms with E-state index in [-0.39, 0.29) is 85.4 Å². The Morgan fingerprint density at radius 1 is 0.413 bits per heavy atom. The third-order valence-electron chi connectivity index (χ3n) is 13.2. The van der Waals surface area contributed by atoms with E-state index < -0.39 is 0 Å². The second-order valence-electron chi connectivity index (χ2n) is 23.8. The zero-order chi connectivity index (χ0) is 53.7. The van der Waals surface area contributed by atoms with Crippen LogP contribution in [0.25, 0.3) is 22.3 Å².